The largest absolute Gasteiger partial charge is 0.365 e. The fourth-order valence-corrected chi connectivity index (χ4v) is 1.57. The standard InChI is InChI=1S/C12H14N4O.ClH/c1-16-10(12(13)17)7-11(15-16)14-8-9-5-3-2-4-6-9;/h2-7H,8H2,1H3,(H2,13,17)(H,14,15);1H. The molecule has 0 radical (unpaired) electrons. The number of carbonyl (C=O) groups is 1. The Labute approximate surface area is 111 Å². The molecule has 0 atom stereocenters. The van der Waals surface area contributed by atoms with Gasteiger partial charge >= 0.3 is 0 Å². The van der Waals surface area contributed by atoms with Crippen LogP contribution in [-0.2, 0) is 13.6 Å². The highest BCUT2D eigenvalue weighted by Gasteiger charge is 2.09. The molecule has 0 aliphatic rings. The molecule has 0 saturated heterocycles. The second-order valence-corrected chi connectivity index (χ2v) is 3.74. The van der Waals surface area contributed by atoms with Gasteiger partial charge in [-0.15, -0.1) is 12.4 Å². The van der Waals surface area contributed by atoms with Crippen molar-refractivity contribution in [2.24, 2.45) is 12.8 Å². The van der Waals surface area contributed by atoms with E-state index in [-0.39, 0.29) is 12.4 Å². The van der Waals surface area contributed by atoms with E-state index in [1.807, 2.05) is 30.3 Å². The number of rotatable bonds is 4. The van der Waals surface area contributed by atoms with Crippen LogP contribution in [-0.4, -0.2) is 15.7 Å². The van der Waals surface area contributed by atoms with Crippen molar-refractivity contribution in [1.82, 2.24) is 9.78 Å². The minimum absolute atomic E-state index is 0. The molecular formula is C12H15ClN4O. The molecular weight excluding hydrogens is 252 g/mol. The van der Waals surface area contributed by atoms with Gasteiger partial charge in [0.2, 0.25) is 0 Å². The number of nitrogens with two attached hydrogens (primary N) is 1. The van der Waals surface area contributed by atoms with Crippen LogP contribution in [0.3, 0.4) is 0 Å². The lowest BCUT2D eigenvalue weighted by molar-refractivity contribution is 0.0991. The number of aryl methyl sites for hydroxylation is 1. The van der Waals surface area contributed by atoms with Gasteiger partial charge in [0.05, 0.1) is 0 Å². The molecule has 5 nitrogen and oxygen atoms in total. The maximum atomic E-state index is 11.0. The lowest BCUT2D eigenvalue weighted by atomic mass is 10.2. The number of anilines is 1. The van der Waals surface area contributed by atoms with Crippen LogP contribution in [0.2, 0.25) is 0 Å². The third-order valence-corrected chi connectivity index (χ3v) is 2.45. The van der Waals surface area contributed by atoms with E-state index in [0.29, 0.717) is 18.1 Å². The van der Waals surface area contributed by atoms with Crippen LogP contribution in [0.5, 0.6) is 0 Å². The predicted octanol–water partition coefficient (Wildman–Crippen LogP) is 1.55. The monoisotopic (exact) mass is 266 g/mol. The SMILES string of the molecule is Cl.Cn1nc(NCc2ccccc2)cc1C(N)=O. The number of nitrogens with one attached hydrogen (secondary N) is 1. The fraction of sp³-hybridized carbons (Fsp3) is 0.167. The van der Waals surface area contributed by atoms with Gasteiger partial charge in [0, 0.05) is 19.7 Å². The summed E-state index contributed by atoms with van der Waals surface area (Å²) in [7, 11) is 1.69. The molecule has 0 bridgehead atoms. The number of halogens is 1. The second kappa shape index (κ2) is 6.07. The summed E-state index contributed by atoms with van der Waals surface area (Å²) in [6.45, 7) is 0.663. The number of primary amides is 1. The van der Waals surface area contributed by atoms with E-state index in [9.17, 15) is 4.79 Å². The molecule has 0 fully saturated rings. The van der Waals surface area contributed by atoms with Crippen LogP contribution in [0.25, 0.3) is 0 Å². The Balaban J connectivity index is 0.00000162. The van der Waals surface area contributed by atoms with Gasteiger partial charge in [-0.25, -0.2) is 0 Å². The lowest BCUT2D eigenvalue weighted by Gasteiger charge is -2.01. The van der Waals surface area contributed by atoms with Gasteiger partial charge in [-0.3, -0.25) is 9.48 Å². The summed E-state index contributed by atoms with van der Waals surface area (Å²) in [4.78, 5) is 11.0. The molecule has 0 aliphatic heterocycles. The van der Waals surface area contributed by atoms with Crippen molar-refractivity contribution in [3.8, 4) is 0 Å². The highest BCUT2D eigenvalue weighted by Crippen LogP contribution is 2.09. The van der Waals surface area contributed by atoms with Gasteiger partial charge in [-0.2, -0.15) is 5.10 Å². The molecule has 0 unspecified atom stereocenters. The van der Waals surface area contributed by atoms with Gasteiger partial charge in [0.15, 0.2) is 0 Å². The number of hydrogen-bond acceptors (Lipinski definition) is 3. The molecule has 2 rings (SSSR count). The molecule has 1 heterocycles. The van der Waals surface area contributed by atoms with E-state index in [1.54, 1.807) is 13.1 Å². The molecule has 3 N–H and O–H groups in total. The number of aromatic nitrogens is 2. The van der Waals surface area contributed by atoms with Gasteiger partial charge in [-0.05, 0) is 5.56 Å². The van der Waals surface area contributed by atoms with Gasteiger partial charge in [0.25, 0.3) is 5.91 Å². The van der Waals surface area contributed by atoms with E-state index in [0.717, 1.165) is 5.56 Å². The smallest absolute Gasteiger partial charge is 0.267 e. The van der Waals surface area contributed by atoms with Crippen molar-refractivity contribution in [3.63, 3.8) is 0 Å². The molecule has 1 aromatic carbocycles. The Kier molecular flexibility index (Phi) is 4.74. The van der Waals surface area contributed by atoms with Gasteiger partial charge in [0.1, 0.15) is 11.5 Å². The third-order valence-electron chi connectivity index (χ3n) is 2.45. The first-order valence-electron chi connectivity index (χ1n) is 5.28. The van der Waals surface area contributed by atoms with Crippen LogP contribution >= 0.6 is 12.4 Å². The van der Waals surface area contributed by atoms with Crippen LogP contribution in [0.15, 0.2) is 36.4 Å². The minimum atomic E-state index is -0.479. The Morgan fingerprint density at radius 3 is 2.61 bits per heavy atom. The molecule has 1 amide bonds. The Bertz CT molecular complexity index is 524. The summed E-state index contributed by atoms with van der Waals surface area (Å²) in [5.74, 6) is 0.165. The number of benzene rings is 1. The van der Waals surface area contributed by atoms with Crippen molar-refractivity contribution in [2.45, 2.75) is 6.54 Å². The van der Waals surface area contributed by atoms with Crippen molar-refractivity contribution in [2.75, 3.05) is 5.32 Å². The molecule has 6 heteroatoms. The topological polar surface area (TPSA) is 72.9 Å². The Morgan fingerprint density at radius 2 is 2.06 bits per heavy atom. The molecule has 96 valence electrons. The van der Waals surface area contributed by atoms with Gasteiger partial charge in [-0.1, -0.05) is 30.3 Å². The van der Waals surface area contributed by atoms with Crippen LogP contribution in [0.1, 0.15) is 16.1 Å². The number of hydrogen-bond donors (Lipinski definition) is 2. The zero-order valence-electron chi connectivity index (χ0n) is 9.96. The summed E-state index contributed by atoms with van der Waals surface area (Å²) in [5, 5.41) is 7.29. The molecule has 2 aromatic rings. The molecule has 18 heavy (non-hydrogen) atoms. The summed E-state index contributed by atoms with van der Waals surface area (Å²) < 4.78 is 1.47. The zero-order chi connectivity index (χ0) is 12.3. The number of carbonyl (C=O) groups excluding carboxylic acids is 1. The molecule has 0 spiro atoms. The van der Waals surface area contributed by atoms with Crippen molar-refractivity contribution in [1.29, 1.82) is 0 Å². The fourth-order valence-electron chi connectivity index (χ4n) is 1.57. The van der Waals surface area contributed by atoms with Crippen LogP contribution in [0, 0.1) is 0 Å². The first-order chi connectivity index (χ1) is 8.16. The van der Waals surface area contributed by atoms with Crippen molar-refractivity contribution < 1.29 is 4.79 Å². The number of nitrogens with zero attached hydrogens (tertiary/aromatic N) is 2. The minimum Gasteiger partial charge on any atom is -0.365 e. The first kappa shape index (κ1) is 14.1. The van der Waals surface area contributed by atoms with E-state index < -0.39 is 5.91 Å². The van der Waals surface area contributed by atoms with E-state index in [4.69, 9.17) is 5.73 Å². The second-order valence-electron chi connectivity index (χ2n) is 3.74. The van der Waals surface area contributed by atoms with Gasteiger partial charge < -0.3 is 11.1 Å². The zero-order valence-corrected chi connectivity index (χ0v) is 10.8. The van der Waals surface area contributed by atoms with Crippen LogP contribution in [0.4, 0.5) is 5.82 Å². The van der Waals surface area contributed by atoms with E-state index in [1.165, 1.54) is 4.68 Å². The normalized spacial score (nSPS) is 9.61. The predicted molar refractivity (Wildman–Crippen MR) is 72.7 cm³/mol. The highest BCUT2D eigenvalue weighted by atomic mass is 35.5. The first-order valence-corrected chi connectivity index (χ1v) is 5.28. The van der Waals surface area contributed by atoms with E-state index >= 15 is 0 Å². The highest BCUT2D eigenvalue weighted by molar-refractivity contribution is 5.91. The van der Waals surface area contributed by atoms with Crippen molar-refractivity contribution in [3.05, 3.63) is 47.7 Å². The Morgan fingerprint density at radius 1 is 1.39 bits per heavy atom. The number of amides is 1. The van der Waals surface area contributed by atoms with Crippen molar-refractivity contribution >= 4 is 24.1 Å². The van der Waals surface area contributed by atoms with Crippen LogP contribution < -0.4 is 11.1 Å². The third kappa shape index (κ3) is 3.24. The molecule has 1 aromatic heterocycles. The molecule has 0 saturated carbocycles. The summed E-state index contributed by atoms with van der Waals surface area (Å²) in [5.41, 5.74) is 6.75. The average Bonchev–Trinajstić information content (AvgIpc) is 2.69. The molecule has 0 aliphatic carbocycles. The maximum Gasteiger partial charge on any atom is 0.267 e. The maximum absolute atomic E-state index is 11.0. The quantitative estimate of drug-likeness (QED) is 0.882. The average molecular weight is 267 g/mol. The summed E-state index contributed by atoms with van der Waals surface area (Å²) >= 11 is 0. The van der Waals surface area contributed by atoms with E-state index in [2.05, 4.69) is 10.4 Å². The summed E-state index contributed by atoms with van der Waals surface area (Å²) in [6, 6.07) is 11.6. The summed E-state index contributed by atoms with van der Waals surface area (Å²) in [6.07, 6.45) is 0. The Hall–Kier alpha value is -2.01. The lowest BCUT2D eigenvalue weighted by Crippen LogP contribution is -2.15.